The van der Waals surface area contributed by atoms with Crippen molar-refractivity contribution in [1.29, 1.82) is 0 Å². The van der Waals surface area contributed by atoms with Crippen LogP contribution in [0.15, 0.2) is 0 Å². The van der Waals surface area contributed by atoms with Crippen LogP contribution in [0.5, 0.6) is 0 Å². The molecular weight excluding hydrogens is 118 g/mol. The molecule has 1 nitrogen and oxygen atoms in total. The van der Waals surface area contributed by atoms with Gasteiger partial charge in [-0.25, -0.2) is 0 Å². The Bertz CT molecular complexity index is 78.9. The van der Waals surface area contributed by atoms with E-state index < -0.39 is 7.15 Å². The average Bonchev–Trinajstić information content (AvgIpc) is 2.06. The molecule has 0 N–H and O–H groups in total. The number of hydrogen-bond donors (Lipinski definition) is 0. The Morgan fingerprint density at radius 2 is 2.17 bits per heavy atom. The molecule has 1 aliphatic carbocycles. The number of halogens is 1. The van der Waals surface area contributed by atoms with Crippen molar-refractivity contribution in [2.24, 2.45) is 0 Å². The van der Waals surface area contributed by atoms with Crippen molar-refractivity contribution in [2.45, 2.75) is 18.5 Å². The summed E-state index contributed by atoms with van der Waals surface area (Å²) in [6.07, 6.45) is 2.16. The lowest BCUT2D eigenvalue weighted by atomic mass is 11.0. The summed E-state index contributed by atoms with van der Waals surface area (Å²) in [5.74, 6) is 0. The summed E-state index contributed by atoms with van der Waals surface area (Å²) in [4.78, 5) is 0. The maximum atomic E-state index is 10.1. The largest absolute Gasteiger partial charge is 0.457 e. The van der Waals surface area contributed by atoms with Crippen LogP contribution in [-0.2, 0) is 4.57 Å². The molecule has 6 heavy (non-hydrogen) atoms. The topological polar surface area (TPSA) is 17.1 Å². The van der Waals surface area contributed by atoms with E-state index in [-0.39, 0.29) is 0 Å². The molecule has 0 aromatic heterocycles. The van der Waals surface area contributed by atoms with Crippen molar-refractivity contribution in [2.75, 3.05) is 0 Å². The van der Waals surface area contributed by atoms with Gasteiger partial charge in [0.2, 0.25) is 11.2 Å². The quantitative estimate of drug-likeness (QED) is 0.488. The van der Waals surface area contributed by atoms with Crippen LogP contribution in [0.3, 0.4) is 0 Å². The van der Waals surface area contributed by atoms with Crippen LogP contribution in [0.1, 0.15) is 12.8 Å². The molecule has 1 fully saturated rings. The third-order valence-electron chi connectivity index (χ3n) is 0.834. The van der Waals surface area contributed by atoms with Crippen molar-refractivity contribution >= 4 is 18.4 Å². The van der Waals surface area contributed by atoms with Crippen molar-refractivity contribution in [3.05, 3.63) is 0 Å². The zero-order valence-corrected chi connectivity index (χ0v) is 4.88. The Morgan fingerprint density at radius 3 is 2.17 bits per heavy atom. The van der Waals surface area contributed by atoms with Gasteiger partial charge in [0.05, 0.1) is 0 Å². The van der Waals surface area contributed by atoms with Gasteiger partial charge in [0.1, 0.15) is 0 Å². The Kier molecular flexibility index (Phi) is 1.12. The lowest BCUT2D eigenvalue weighted by Crippen LogP contribution is -1.56. The second-order valence-electron chi connectivity index (χ2n) is 1.50. The Hall–Kier alpha value is 0.390. The molecule has 0 aromatic carbocycles. The maximum absolute atomic E-state index is 10.1. The molecule has 3 heteroatoms. The van der Waals surface area contributed by atoms with Gasteiger partial charge in [-0.2, -0.15) is 0 Å². The first-order chi connectivity index (χ1) is 2.80. The van der Waals surface area contributed by atoms with Crippen LogP contribution in [-0.4, -0.2) is 5.66 Å². The van der Waals surface area contributed by atoms with Gasteiger partial charge in [-0.1, -0.05) is 4.57 Å². The summed E-state index contributed by atoms with van der Waals surface area (Å²) in [5.41, 5.74) is 0.377. The molecule has 0 saturated heterocycles. The van der Waals surface area contributed by atoms with Gasteiger partial charge in [0.15, 0.2) is 5.66 Å². The highest BCUT2D eigenvalue weighted by atomic mass is 35.7. The molecule has 0 aromatic rings. The van der Waals surface area contributed by atoms with Crippen molar-refractivity contribution in [3.8, 4) is 0 Å². The van der Waals surface area contributed by atoms with Crippen LogP contribution in [0.4, 0.5) is 0 Å². The lowest BCUT2D eigenvalue weighted by Gasteiger charge is -1.54. The zero-order valence-electron chi connectivity index (χ0n) is 3.22. The van der Waals surface area contributed by atoms with Gasteiger partial charge in [0.25, 0.3) is 0 Å². The third kappa shape index (κ3) is 0.924. The van der Waals surface area contributed by atoms with E-state index in [9.17, 15) is 4.57 Å². The molecule has 1 atom stereocenters. The molecule has 1 aliphatic rings. The van der Waals surface area contributed by atoms with Gasteiger partial charge in [0, 0.05) is 0 Å². The summed E-state index contributed by atoms with van der Waals surface area (Å²) >= 11 is 5.18. The van der Waals surface area contributed by atoms with Crippen molar-refractivity contribution in [3.63, 3.8) is 0 Å². The van der Waals surface area contributed by atoms with Gasteiger partial charge in [-0.05, 0) is 12.8 Å². The highest BCUT2D eigenvalue weighted by Gasteiger charge is 2.40. The minimum atomic E-state index is -1.33. The Balaban J connectivity index is 2.31. The molecular formula is C3H5ClOP+. The molecule has 1 saturated carbocycles. The lowest BCUT2D eigenvalue weighted by molar-refractivity contribution is 0.595. The van der Waals surface area contributed by atoms with Gasteiger partial charge in [-0.3, -0.25) is 0 Å². The third-order valence-corrected chi connectivity index (χ3v) is 2.75. The van der Waals surface area contributed by atoms with E-state index >= 15 is 0 Å². The van der Waals surface area contributed by atoms with E-state index in [4.69, 9.17) is 11.2 Å². The summed E-state index contributed by atoms with van der Waals surface area (Å²) in [6, 6.07) is 0. The monoisotopic (exact) mass is 123 g/mol. The molecule has 0 amide bonds. The molecule has 34 valence electrons. The first kappa shape index (κ1) is 4.55. The fraction of sp³-hybridized carbons (Fsp3) is 1.00. The fourth-order valence-electron chi connectivity index (χ4n) is 0.278. The molecule has 1 unspecified atom stereocenters. The smallest absolute Gasteiger partial charge is 0.0515 e. The van der Waals surface area contributed by atoms with Crippen LogP contribution < -0.4 is 0 Å². The normalized spacial score (nSPS) is 23.8. The highest BCUT2D eigenvalue weighted by molar-refractivity contribution is 7.74. The Morgan fingerprint density at radius 1 is 1.67 bits per heavy atom. The van der Waals surface area contributed by atoms with E-state index in [1.807, 2.05) is 0 Å². The first-order valence-electron chi connectivity index (χ1n) is 1.93. The first-order valence-corrected chi connectivity index (χ1v) is 4.16. The SMILES string of the molecule is O=[P+](Cl)C1CC1. The van der Waals surface area contributed by atoms with Gasteiger partial charge < -0.3 is 0 Å². The molecule has 0 radical (unpaired) electrons. The minimum Gasteiger partial charge on any atom is -0.0515 e. The second-order valence-corrected chi connectivity index (χ2v) is 3.78. The van der Waals surface area contributed by atoms with Crippen LogP contribution in [0.25, 0.3) is 0 Å². The van der Waals surface area contributed by atoms with E-state index in [0.717, 1.165) is 12.8 Å². The number of rotatable bonds is 1. The molecule has 1 rings (SSSR count). The molecule has 0 spiro atoms. The average molecular weight is 123 g/mol. The summed E-state index contributed by atoms with van der Waals surface area (Å²) in [5, 5.41) is 0. The maximum Gasteiger partial charge on any atom is 0.457 e. The van der Waals surface area contributed by atoms with E-state index in [0.29, 0.717) is 5.66 Å². The molecule has 0 aliphatic heterocycles. The molecule has 0 bridgehead atoms. The van der Waals surface area contributed by atoms with Crippen LogP contribution in [0.2, 0.25) is 0 Å². The van der Waals surface area contributed by atoms with Gasteiger partial charge in [-0.15, -0.1) is 0 Å². The second kappa shape index (κ2) is 1.48. The summed E-state index contributed by atoms with van der Waals surface area (Å²) in [6.45, 7) is 0. The fourth-order valence-corrected chi connectivity index (χ4v) is 1.42. The molecule has 0 heterocycles. The summed E-state index contributed by atoms with van der Waals surface area (Å²) < 4.78 is 10.1. The highest BCUT2D eigenvalue weighted by Crippen LogP contribution is 2.47. The minimum absolute atomic E-state index is 0.377. The van der Waals surface area contributed by atoms with E-state index in [1.165, 1.54) is 0 Å². The van der Waals surface area contributed by atoms with Crippen molar-refractivity contribution in [1.82, 2.24) is 0 Å². The Labute approximate surface area is 42.3 Å². The summed E-state index contributed by atoms with van der Waals surface area (Å²) in [7, 11) is -1.33. The van der Waals surface area contributed by atoms with E-state index in [1.54, 1.807) is 0 Å². The predicted octanol–water partition coefficient (Wildman–Crippen LogP) is 2.13. The van der Waals surface area contributed by atoms with Crippen LogP contribution >= 0.6 is 18.4 Å². The predicted molar refractivity (Wildman–Crippen MR) is 26.5 cm³/mol. The van der Waals surface area contributed by atoms with Gasteiger partial charge >= 0.3 is 7.15 Å². The zero-order chi connectivity index (χ0) is 4.57. The van der Waals surface area contributed by atoms with E-state index in [2.05, 4.69) is 0 Å². The van der Waals surface area contributed by atoms with Crippen molar-refractivity contribution < 1.29 is 4.57 Å². The standard InChI is InChI=1S/C3H5ClOP/c4-6(5)3-1-2-3/h3H,1-2H2/q+1. The number of hydrogen-bond acceptors (Lipinski definition) is 1. The van der Waals surface area contributed by atoms with Crippen LogP contribution in [0, 0.1) is 0 Å².